The van der Waals surface area contributed by atoms with Gasteiger partial charge in [0.15, 0.2) is 5.76 Å². The van der Waals surface area contributed by atoms with Crippen molar-refractivity contribution in [1.29, 1.82) is 0 Å². The van der Waals surface area contributed by atoms with E-state index in [2.05, 4.69) is 0 Å². The van der Waals surface area contributed by atoms with Gasteiger partial charge >= 0.3 is 0 Å². The number of carbonyl (C=O) groups excluding carboxylic acids is 1. The van der Waals surface area contributed by atoms with Crippen molar-refractivity contribution in [3.8, 4) is 17.2 Å². The second-order valence-electron chi connectivity index (χ2n) is 6.64. The number of ether oxygens (including phenoxy) is 3. The van der Waals surface area contributed by atoms with Crippen molar-refractivity contribution < 1.29 is 29.0 Å². The molecule has 1 N–H and O–H groups in total. The Morgan fingerprint density at radius 2 is 1.96 bits per heavy atom. The number of fused-ring (bicyclic) bond motifs is 1. The van der Waals surface area contributed by atoms with Crippen LogP contribution in [0.5, 0.6) is 17.2 Å². The number of para-hydroxylation sites is 1. The van der Waals surface area contributed by atoms with E-state index in [0.29, 0.717) is 42.4 Å². The second-order valence-corrected chi connectivity index (χ2v) is 6.64. The van der Waals surface area contributed by atoms with Gasteiger partial charge in [0.25, 0.3) is 0 Å². The molecule has 4 rings (SSSR count). The van der Waals surface area contributed by atoms with Crippen LogP contribution in [0.15, 0.2) is 42.2 Å². The molecule has 0 amide bonds. The molecule has 0 atom stereocenters. The first-order chi connectivity index (χ1) is 13.2. The van der Waals surface area contributed by atoms with Crippen LogP contribution in [-0.2, 0) is 11.3 Å². The van der Waals surface area contributed by atoms with Crippen LogP contribution >= 0.6 is 0 Å². The van der Waals surface area contributed by atoms with Gasteiger partial charge in [-0.15, -0.1) is 0 Å². The summed E-state index contributed by atoms with van der Waals surface area (Å²) in [5, 5.41) is 12.4. The molecular formula is C21H21NO5. The fourth-order valence-electron chi connectivity index (χ4n) is 3.47. The quantitative estimate of drug-likeness (QED) is 0.810. The largest absolute Gasteiger partial charge is 0.872 e. The number of hydrogen-bond acceptors (Lipinski definition) is 5. The summed E-state index contributed by atoms with van der Waals surface area (Å²) in [7, 11) is 1.58. The normalized spacial score (nSPS) is 18.4. The van der Waals surface area contributed by atoms with E-state index in [0.717, 1.165) is 18.7 Å². The minimum atomic E-state index is -0.214. The Labute approximate surface area is 157 Å². The molecule has 140 valence electrons. The molecule has 2 aliphatic rings. The van der Waals surface area contributed by atoms with E-state index < -0.39 is 0 Å². The smallest absolute Gasteiger partial charge is 0.231 e. The van der Waals surface area contributed by atoms with Crippen LogP contribution in [0.1, 0.15) is 21.5 Å². The van der Waals surface area contributed by atoms with Crippen molar-refractivity contribution in [3.63, 3.8) is 0 Å². The van der Waals surface area contributed by atoms with E-state index in [9.17, 15) is 9.90 Å². The van der Waals surface area contributed by atoms with E-state index in [-0.39, 0.29) is 17.3 Å². The minimum Gasteiger partial charge on any atom is -0.872 e. The molecule has 0 unspecified atom stereocenters. The zero-order valence-electron chi connectivity index (χ0n) is 15.1. The van der Waals surface area contributed by atoms with Crippen LogP contribution in [-0.4, -0.2) is 39.2 Å². The van der Waals surface area contributed by atoms with Crippen molar-refractivity contribution in [1.82, 2.24) is 0 Å². The lowest BCUT2D eigenvalue weighted by molar-refractivity contribution is -0.921. The summed E-state index contributed by atoms with van der Waals surface area (Å²) in [6.45, 7) is 3.55. The molecule has 0 aromatic heterocycles. The van der Waals surface area contributed by atoms with Gasteiger partial charge in [0, 0.05) is 11.1 Å². The van der Waals surface area contributed by atoms with Crippen LogP contribution < -0.4 is 19.5 Å². The van der Waals surface area contributed by atoms with Crippen molar-refractivity contribution in [2.75, 3.05) is 33.4 Å². The molecule has 0 radical (unpaired) electrons. The predicted molar refractivity (Wildman–Crippen MR) is 97.0 cm³/mol. The van der Waals surface area contributed by atoms with Crippen molar-refractivity contribution in [2.45, 2.75) is 6.54 Å². The number of morpholine rings is 1. The molecule has 2 aromatic rings. The van der Waals surface area contributed by atoms with Crippen LogP contribution in [0, 0.1) is 0 Å². The lowest BCUT2D eigenvalue weighted by atomic mass is 10.0. The summed E-state index contributed by atoms with van der Waals surface area (Å²) in [6.07, 6.45) is 1.66. The van der Waals surface area contributed by atoms with E-state index in [4.69, 9.17) is 14.2 Å². The number of rotatable bonds is 4. The number of methoxy groups -OCH3 is 1. The molecule has 1 saturated heterocycles. The fraction of sp³-hybridized carbons (Fsp3) is 0.286. The van der Waals surface area contributed by atoms with Crippen molar-refractivity contribution >= 4 is 11.9 Å². The second kappa shape index (κ2) is 7.42. The topological polar surface area (TPSA) is 72.3 Å². The molecule has 1 fully saturated rings. The molecule has 27 heavy (non-hydrogen) atoms. The van der Waals surface area contributed by atoms with Crippen LogP contribution in [0.4, 0.5) is 0 Å². The van der Waals surface area contributed by atoms with Gasteiger partial charge in [-0.3, -0.25) is 4.79 Å². The van der Waals surface area contributed by atoms with Crippen LogP contribution in [0.2, 0.25) is 0 Å². The summed E-state index contributed by atoms with van der Waals surface area (Å²) < 4.78 is 16.6. The van der Waals surface area contributed by atoms with Gasteiger partial charge in [0.2, 0.25) is 5.78 Å². The zero-order valence-corrected chi connectivity index (χ0v) is 15.1. The summed E-state index contributed by atoms with van der Waals surface area (Å²) in [6, 6.07) is 10.4. The van der Waals surface area contributed by atoms with Gasteiger partial charge < -0.3 is 24.2 Å². The number of ketones is 1. The third-order valence-electron chi connectivity index (χ3n) is 4.95. The molecule has 2 aliphatic heterocycles. The maximum atomic E-state index is 12.8. The van der Waals surface area contributed by atoms with Crippen LogP contribution in [0.3, 0.4) is 0 Å². The molecule has 0 aliphatic carbocycles. The molecule has 0 saturated carbocycles. The number of Topliss-reactive ketones (excluding diaryl/α,β-unsaturated/α-hetero) is 1. The van der Waals surface area contributed by atoms with Gasteiger partial charge in [-0.2, -0.15) is 0 Å². The van der Waals surface area contributed by atoms with Crippen molar-refractivity contribution in [2.24, 2.45) is 0 Å². The van der Waals surface area contributed by atoms with Crippen LogP contribution in [0.25, 0.3) is 6.08 Å². The Kier molecular flexibility index (Phi) is 4.83. The maximum absolute atomic E-state index is 12.8. The highest BCUT2D eigenvalue weighted by atomic mass is 16.5. The molecule has 2 heterocycles. The summed E-state index contributed by atoms with van der Waals surface area (Å²) in [5.41, 5.74) is 1.75. The highest BCUT2D eigenvalue weighted by molar-refractivity contribution is 6.15. The Bertz CT molecular complexity index is 899. The molecule has 6 nitrogen and oxygen atoms in total. The number of allylic oxidation sites excluding steroid dienone is 1. The van der Waals surface area contributed by atoms with Gasteiger partial charge in [0.1, 0.15) is 31.1 Å². The number of benzene rings is 2. The number of carbonyl (C=O) groups is 1. The van der Waals surface area contributed by atoms with Gasteiger partial charge in [0.05, 0.1) is 25.9 Å². The first kappa shape index (κ1) is 17.6. The molecule has 0 spiro atoms. The molecule has 6 heteroatoms. The third kappa shape index (κ3) is 3.41. The Morgan fingerprint density at radius 3 is 2.74 bits per heavy atom. The molecule has 2 aromatic carbocycles. The fourth-order valence-corrected chi connectivity index (χ4v) is 3.47. The van der Waals surface area contributed by atoms with Crippen molar-refractivity contribution in [3.05, 3.63) is 58.8 Å². The zero-order chi connectivity index (χ0) is 18.8. The predicted octanol–water partition coefficient (Wildman–Crippen LogP) is 0.800. The molecule has 0 bridgehead atoms. The Balaban J connectivity index is 1.67. The number of quaternary nitrogens is 1. The van der Waals surface area contributed by atoms with E-state index >= 15 is 0 Å². The standard InChI is InChI=1S/C21H21NO5/c1-25-18-5-3-2-4-14(18)12-19-20(24)15-6-7-17(23)16(21(15)27-19)13-22-8-10-26-11-9-22/h2-7,12,23H,8-11,13H2,1H3. The average Bonchev–Trinajstić information content (AvgIpc) is 3.01. The highest BCUT2D eigenvalue weighted by Gasteiger charge is 2.31. The van der Waals surface area contributed by atoms with Gasteiger partial charge in [-0.25, -0.2) is 0 Å². The van der Waals surface area contributed by atoms with E-state index in [1.54, 1.807) is 19.3 Å². The first-order valence-electron chi connectivity index (χ1n) is 8.99. The van der Waals surface area contributed by atoms with Gasteiger partial charge in [-0.1, -0.05) is 30.0 Å². The Morgan fingerprint density at radius 1 is 1.19 bits per heavy atom. The maximum Gasteiger partial charge on any atom is 0.231 e. The number of hydrogen-bond donors (Lipinski definition) is 1. The third-order valence-corrected chi connectivity index (χ3v) is 4.95. The lowest BCUT2D eigenvalue weighted by Gasteiger charge is -2.26. The van der Waals surface area contributed by atoms with E-state index in [1.165, 1.54) is 11.0 Å². The SMILES string of the molecule is COc1ccccc1C=C1Oc2c(ccc([O-])c2C[NH+]2CCOCC2)C1=O. The minimum absolute atomic E-state index is 0.0981. The average molecular weight is 367 g/mol. The summed E-state index contributed by atoms with van der Waals surface area (Å²) in [4.78, 5) is 14.0. The summed E-state index contributed by atoms with van der Waals surface area (Å²) in [5.74, 6) is 0.944. The Hall–Kier alpha value is -2.83. The monoisotopic (exact) mass is 367 g/mol. The lowest BCUT2D eigenvalue weighted by Crippen LogP contribution is -3.12. The van der Waals surface area contributed by atoms with E-state index in [1.807, 2.05) is 24.3 Å². The summed E-state index contributed by atoms with van der Waals surface area (Å²) >= 11 is 0. The highest BCUT2D eigenvalue weighted by Crippen LogP contribution is 2.38. The number of nitrogens with one attached hydrogen (secondary N) is 1. The molecular weight excluding hydrogens is 346 g/mol. The van der Waals surface area contributed by atoms with Gasteiger partial charge in [-0.05, 0) is 18.2 Å². The first-order valence-corrected chi connectivity index (χ1v) is 8.99.